The number of carbonyl (C=O) groups excluding carboxylic acids is 1. The second kappa shape index (κ2) is 5.66. The second-order valence-electron chi connectivity index (χ2n) is 5.48. The molecule has 1 aliphatic heterocycles. The van der Waals surface area contributed by atoms with Crippen molar-refractivity contribution >= 4 is 24.0 Å². The molecule has 1 unspecified atom stereocenters. The van der Waals surface area contributed by atoms with Gasteiger partial charge in [-0.1, -0.05) is 0 Å². The molecule has 2 N–H and O–H groups in total. The molecule has 0 aromatic heterocycles. The summed E-state index contributed by atoms with van der Waals surface area (Å²) in [7, 11) is 0. The molecule has 2 fully saturated rings. The quantitative estimate of drug-likeness (QED) is 0.882. The van der Waals surface area contributed by atoms with E-state index in [0.29, 0.717) is 0 Å². The van der Waals surface area contributed by atoms with Crippen LogP contribution in [0.5, 0.6) is 0 Å². The fraction of sp³-hybridized carbons (Fsp3) is 0.500. The number of benzene rings is 1. The van der Waals surface area contributed by atoms with Gasteiger partial charge in [-0.05, 0) is 49.9 Å². The van der Waals surface area contributed by atoms with Gasteiger partial charge in [0.25, 0.3) is 0 Å². The minimum Gasteiger partial charge on any atom is -0.323 e. The highest BCUT2D eigenvalue weighted by Crippen LogP contribution is 2.58. The monoisotopic (exact) mass is 302 g/mol. The van der Waals surface area contributed by atoms with E-state index in [1.165, 1.54) is 6.07 Å². The highest BCUT2D eigenvalue weighted by molar-refractivity contribution is 5.95. The first-order valence-corrected chi connectivity index (χ1v) is 6.57. The van der Waals surface area contributed by atoms with Gasteiger partial charge in [-0.25, -0.2) is 8.78 Å². The van der Waals surface area contributed by atoms with Gasteiger partial charge in [0.1, 0.15) is 11.6 Å². The molecule has 0 bridgehead atoms. The predicted molar refractivity (Wildman–Crippen MR) is 74.9 cm³/mol. The Balaban J connectivity index is 0.00000147. The summed E-state index contributed by atoms with van der Waals surface area (Å²) in [5, 5.41) is 5.84. The molecule has 1 saturated carbocycles. The van der Waals surface area contributed by atoms with Crippen molar-refractivity contribution < 1.29 is 13.6 Å². The molecule has 0 radical (unpaired) electrons. The lowest BCUT2D eigenvalue weighted by molar-refractivity contribution is -0.118. The zero-order valence-electron chi connectivity index (χ0n) is 10.9. The van der Waals surface area contributed by atoms with E-state index in [4.69, 9.17) is 0 Å². The topological polar surface area (TPSA) is 41.1 Å². The number of halogens is 3. The minimum absolute atomic E-state index is 0. The Morgan fingerprint density at radius 1 is 1.30 bits per heavy atom. The SMILES string of the molecule is Cl.O=C(Nc1ccc(F)cc1F)C1CC12CCNCC2. The normalized spacial score (nSPS) is 23.0. The van der Waals surface area contributed by atoms with Crippen LogP contribution in [0.1, 0.15) is 19.3 Å². The summed E-state index contributed by atoms with van der Waals surface area (Å²) in [6, 6.07) is 3.19. The van der Waals surface area contributed by atoms with Gasteiger partial charge in [-0.15, -0.1) is 12.4 Å². The summed E-state index contributed by atoms with van der Waals surface area (Å²) >= 11 is 0. The van der Waals surface area contributed by atoms with Crippen LogP contribution in [0, 0.1) is 23.0 Å². The fourth-order valence-corrected chi connectivity index (χ4v) is 3.01. The van der Waals surface area contributed by atoms with Gasteiger partial charge in [0.15, 0.2) is 0 Å². The second-order valence-corrected chi connectivity index (χ2v) is 5.48. The highest BCUT2D eigenvalue weighted by Gasteiger charge is 2.57. The minimum atomic E-state index is -0.728. The summed E-state index contributed by atoms with van der Waals surface area (Å²) in [6.45, 7) is 1.88. The van der Waals surface area contributed by atoms with Crippen LogP contribution in [-0.2, 0) is 4.79 Å². The zero-order chi connectivity index (χ0) is 13.5. The third kappa shape index (κ3) is 2.79. The standard InChI is InChI=1S/C14H16F2N2O.ClH/c15-9-1-2-12(11(16)7-9)18-13(19)10-8-14(10)3-5-17-6-4-14;/h1-2,7,10,17H,3-6,8H2,(H,18,19);1H. The predicted octanol–water partition coefficient (Wildman–Crippen LogP) is 2.71. The van der Waals surface area contributed by atoms with Crippen LogP contribution in [0.25, 0.3) is 0 Å². The number of hydrogen-bond acceptors (Lipinski definition) is 2. The van der Waals surface area contributed by atoms with Crippen molar-refractivity contribution in [1.29, 1.82) is 0 Å². The van der Waals surface area contributed by atoms with Gasteiger partial charge in [0, 0.05) is 12.0 Å². The summed E-state index contributed by atoms with van der Waals surface area (Å²) in [5.41, 5.74) is 0.175. The molecule has 1 atom stereocenters. The van der Waals surface area contributed by atoms with Gasteiger partial charge in [-0.2, -0.15) is 0 Å². The molecule has 1 aliphatic carbocycles. The Kier molecular flexibility index (Phi) is 4.30. The lowest BCUT2D eigenvalue weighted by Crippen LogP contribution is -2.31. The summed E-state index contributed by atoms with van der Waals surface area (Å²) in [6.07, 6.45) is 2.87. The van der Waals surface area contributed by atoms with Gasteiger partial charge in [0.2, 0.25) is 5.91 Å². The molecule has 1 spiro atoms. The van der Waals surface area contributed by atoms with E-state index in [1.807, 2.05) is 0 Å². The van der Waals surface area contributed by atoms with Gasteiger partial charge < -0.3 is 10.6 Å². The first-order valence-electron chi connectivity index (χ1n) is 6.57. The number of rotatable bonds is 2. The first kappa shape index (κ1) is 15.2. The van der Waals surface area contributed by atoms with E-state index in [2.05, 4.69) is 10.6 Å². The van der Waals surface area contributed by atoms with Crippen molar-refractivity contribution in [2.75, 3.05) is 18.4 Å². The molecule has 3 rings (SSSR count). The lowest BCUT2D eigenvalue weighted by Gasteiger charge is -2.23. The lowest BCUT2D eigenvalue weighted by atomic mass is 9.92. The molecule has 3 nitrogen and oxygen atoms in total. The number of anilines is 1. The van der Waals surface area contributed by atoms with E-state index in [1.54, 1.807) is 0 Å². The van der Waals surface area contributed by atoms with Crippen LogP contribution < -0.4 is 10.6 Å². The fourth-order valence-electron chi connectivity index (χ4n) is 3.01. The Morgan fingerprint density at radius 2 is 2.00 bits per heavy atom. The maximum Gasteiger partial charge on any atom is 0.228 e. The molecule has 1 saturated heterocycles. The molecular weight excluding hydrogens is 286 g/mol. The average molecular weight is 303 g/mol. The van der Waals surface area contributed by atoms with Crippen molar-refractivity contribution in [2.24, 2.45) is 11.3 Å². The number of nitrogens with one attached hydrogen (secondary N) is 2. The van der Waals surface area contributed by atoms with Gasteiger partial charge >= 0.3 is 0 Å². The largest absolute Gasteiger partial charge is 0.323 e. The van der Waals surface area contributed by atoms with Crippen molar-refractivity contribution in [1.82, 2.24) is 5.32 Å². The van der Waals surface area contributed by atoms with Crippen LogP contribution in [-0.4, -0.2) is 19.0 Å². The molecule has 1 aromatic carbocycles. The smallest absolute Gasteiger partial charge is 0.228 e. The average Bonchev–Trinajstić information content (AvgIpc) is 3.07. The first-order chi connectivity index (χ1) is 9.11. The van der Waals surface area contributed by atoms with E-state index in [9.17, 15) is 13.6 Å². The van der Waals surface area contributed by atoms with Crippen molar-refractivity contribution in [3.8, 4) is 0 Å². The third-order valence-electron chi connectivity index (χ3n) is 4.29. The maximum absolute atomic E-state index is 13.5. The van der Waals surface area contributed by atoms with Crippen LogP contribution in [0.15, 0.2) is 18.2 Å². The molecule has 1 heterocycles. The molecule has 20 heavy (non-hydrogen) atoms. The number of amides is 1. The van der Waals surface area contributed by atoms with Crippen LogP contribution in [0.4, 0.5) is 14.5 Å². The van der Waals surface area contributed by atoms with Gasteiger partial charge in [0.05, 0.1) is 5.69 Å². The molecule has 110 valence electrons. The van der Waals surface area contributed by atoms with E-state index >= 15 is 0 Å². The Labute approximate surface area is 122 Å². The number of carbonyl (C=O) groups is 1. The maximum atomic E-state index is 13.5. The Hall–Kier alpha value is -1.20. The summed E-state index contributed by atoms with van der Waals surface area (Å²) in [5.74, 6) is -1.54. The highest BCUT2D eigenvalue weighted by atomic mass is 35.5. The number of hydrogen-bond donors (Lipinski definition) is 2. The molecule has 1 aromatic rings. The van der Waals surface area contributed by atoms with Crippen LogP contribution in [0.3, 0.4) is 0 Å². The molecular formula is C14H17ClF2N2O. The summed E-state index contributed by atoms with van der Waals surface area (Å²) in [4.78, 5) is 12.1. The van der Waals surface area contributed by atoms with Crippen molar-refractivity contribution in [2.45, 2.75) is 19.3 Å². The summed E-state index contributed by atoms with van der Waals surface area (Å²) < 4.78 is 26.2. The Bertz CT molecular complexity index is 518. The third-order valence-corrected chi connectivity index (χ3v) is 4.29. The van der Waals surface area contributed by atoms with Gasteiger partial charge in [-0.3, -0.25) is 4.79 Å². The van der Waals surface area contributed by atoms with E-state index in [-0.39, 0.29) is 35.3 Å². The van der Waals surface area contributed by atoms with Crippen LogP contribution in [0.2, 0.25) is 0 Å². The molecule has 6 heteroatoms. The number of piperidine rings is 1. The zero-order valence-corrected chi connectivity index (χ0v) is 11.7. The van der Waals surface area contributed by atoms with E-state index in [0.717, 1.165) is 44.5 Å². The molecule has 2 aliphatic rings. The Morgan fingerprint density at radius 3 is 2.65 bits per heavy atom. The van der Waals surface area contributed by atoms with Crippen molar-refractivity contribution in [3.63, 3.8) is 0 Å². The molecule has 1 amide bonds. The van der Waals surface area contributed by atoms with Crippen LogP contribution >= 0.6 is 12.4 Å². The van der Waals surface area contributed by atoms with E-state index < -0.39 is 11.6 Å². The van der Waals surface area contributed by atoms with Crippen molar-refractivity contribution in [3.05, 3.63) is 29.8 Å².